The van der Waals surface area contributed by atoms with Crippen molar-refractivity contribution in [2.75, 3.05) is 6.54 Å². The van der Waals surface area contributed by atoms with Gasteiger partial charge in [0.15, 0.2) is 0 Å². The summed E-state index contributed by atoms with van der Waals surface area (Å²) in [6.45, 7) is 6.65. The lowest BCUT2D eigenvalue weighted by Gasteiger charge is -2.33. The van der Waals surface area contributed by atoms with E-state index in [9.17, 15) is 5.21 Å². The van der Waals surface area contributed by atoms with Gasteiger partial charge in [0.1, 0.15) is 0 Å². The van der Waals surface area contributed by atoms with Gasteiger partial charge < -0.3 is 10.3 Å². The van der Waals surface area contributed by atoms with Crippen LogP contribution in [-0.4, -0.2) is 17.6 Å². The molecule has 0 saturated heterocycles. The summed E-state index contributed by atoms with van der Waals surface area (Å²) in [7, 11) is 0. The van der Waals surface area contributed by atoms with E-state index in [0.717, 1.165) is 11.5 Å². The first-order valence-electron chi connectivity index (χ1n) is 4.16. The van der Waals surface area contributed by atoms with Crippen molar-refractivity contribution in [1.29, 1.82) is 0 Å². The fraction of sp³-hybridized carbons (Fsp3) is 1.00. The molecule has 2 heteroatoms. The lowest BCUT2D eigenvalue weighted by atomic mass is 10.1. The van der Waals surface area contributed by atoms with E-state index in [1.54, 1.807) is 0 Å². The third-order valence-corrected chi connectivity index (χ3v) is 1.78. The highest BCUT2D eigenvalue weighted by Gasteiger charge is 1.99. The number of hydrogen-bond donors (Lipinski definition) is 0. The van der Waals surface area contributed by atoms with Crippen LogP contribution in [0.15, 0.2) is 0 Å². The zero-order chi connectivity index (χ0) is 7.98. The molecule has 0 aromatic carbocycles. The summed E-state index contributed by atoms with van der Waals surface area (Å²) in [5, 5.41) is 12.1. The van der Waals surface area contributed by atoms with Crippen molar-refractivity contribution >= 4 is 0 Å². The van der Waals surface area contributed by atoms with Crippen molar-refractivity contribution in [2.45, 2.75) is 46.1 Å². The lowest BCUT2D eigenvalue weighted by molar-refractivity contribution is 0.289. The first-order valence-corrected chi connectivity index (χ1v) is 4.16. The Morgan fingerprint density at radius 2 is 2.00 bits per heavy atom. The van der Waals surface area contributed by atoms with Gasteiger partial charge in [-0.3, -0.25) is 0 Å². The number of nitrogens with zero attached hydrogens (tertiary/aromatic N) is 1. The van der Waals surface area contributed by atoms with Crippen LogP contribution in [0.1, 0.15) is 40.0 Å². The van der Waals surface area contributed by atoms with Gasteiger partial charge in [-0.2, -0.15) is 0 Å². The van der Waals surface area contributed by atoms with Crippen molar-refractivity contribution in [3.8, 4) is 0 Å². The van der Waals surface area contributed by atoms with Gasteiger partial charge in [-0.25, -0.2) is 0 Å². The molecule has 0 saturated carbocycles. The molecule has 0 rings (SSSR count). The number of hydrogen-bond acceptors (Lipinski definition) is 2. The van der Waals surface area contributed by atoms with E-state index in [-0.39, 0.29) is 6.04 Å². The Bertz CT molecular complexity index is 75.7. The van der Waals surface area contributed by atoms with Crippen LogP contribution in [0.5, 0.6) is 0 Å². The van der Waals surface area contributed by atoms with Crippen LogP contribution in [0.4, 0.5) is 0 Å². The monoisotopic (exact) mass is 144 g/mol. The predicted molar refractivity (Wildman–Crippen MR) is 44.7 cm³/mol. The summed E-state index contributed by atoms with van der Waals surface area (Å²) < 4.78 is 0. The Morgan fingerprint density at radius 1 is 1.40 bits per heavy atom. The molecule has 0 amide bonds. The number of unbranched alkanes of at least 4 members (excludes halogenated alkanes) is 1. The molecule has 62 valence electrons. The maximum absolute atomic E-state index is 10.9. The minimum Gasteiger partial charge on any atom is -0.785 e. The molecule has 0 radical (unpaired) electrons. The second kappa shape index (κ2) is 5.69. The van der Waals surface area contributed by atoms with Crippen LogP contribution in [0, 0.1) is 5.21 Å². The van der Waals surface area contributed by atoms with Crippen molar-refractivity contribution in [3.05, 3.63) is 5.21 Å². The second-order valence-corrected chi connectivity index (χ2v) is 2.72. The van der Waals surface area contributed by atoms with Gasteiger partial charge in [0, 0.05) is 0 Å². The molecule has 0 spiro atoms. The first kappa shape index (κ1) is 9.92. The van der Waals surface area contributed by atoms with Crippen LogP contribution in [0.3, 0.4) is 0 Å². The second-order valence-electron chi connectivity index (χ2n) is 2.72. The summed E-state index contributed by atoms with van der Waals surface area (Å²) in [5.41, 5.74) is 0. The molecule has 0 aromatic rings. The summed E-state index contributed by atoms with van der Waals surface area (Å²) >= 11 is 0. The van der Waals surface area contributed by atoms with E-state index in [4.69, 9.17) is 0 Å². The summed E-state index contributed by atoms with van der Waals surface area (Å²) in [4.78, 5) is 0. The van der Waals surface area contributed by atoms with Gasteiger partial charge >= 0.3 is 0 Å². The van der Waals surface area contributed by atoms with Gasteiger partial charge in [0.05, 0.1) is 0 Å². The highest BCUT2D eigenvalue weighted by molar-refractivity contribution is 4.64. The fourth-order valence-electron chi connectivity index (χ4n) is 0.955. The van der Waals surface area contributed by atoms with Crippen molar-refractivity contribution in [1.82, 2.24) is 5.06 Å². The highest BCUT2D eigenvalue weighted by Crippen LogP contribution is 2.05. The Balaban J connectivity index is 3.31. The van der Waals surface area contributed by atoms with Gasteiger partial charge in [0.2, 0.25) is 0 Å². The maximum atomic E-state index is 10.9. The molecule has 2 nitrogen and oxygen atoms in total. The van der Waals surface area contributed by atoms with Gasteiger partial charge in [-0.15, -0.1) is 0 Å². The quantitative estimate of drug-likeness (QED) is 0.554. The molecular weight excluding hydrogens is 126 g/mol. The molecule has 0 aliphatic heterocycles. The van der Waals surface area contributed by atoms with Gasteiger partial charge in [-0.1, -0.05) is 33.6 Å². The van der Waals surface area contributed by atoms with E-state index >= 15 is 0 Å². The smallest absolute Gasteiger partial charge is 0.00551 e. The first-order chi connectivity index (χ1) is 4.72. The van der Waals surface area contributed by atoms with Crippen molar-refractivity contribution in [3.63, 3.8) is 0 Å². The Kier molecular flexibility index (Phi) is 5.64. The molecule has 0 N–H and O–H groups in total. The minimum absolute atomic E-state index is 0.213. The van der Waals surface area contributed by atoms with E-state index < -0.39 is 0 Å². The zero-order valence-electron chi connectivity index (χ0n) is 7.26. The summed E-state index contributed by atoms with van der Waals surface area (Å²) in [6.07, 6.45) is 3.38. The molecule has 10 heavy (non-hydrogen) atoms. The topological polar surface area (TPSA) is 26.3 Å². The molecule has 0 heterocycles. The van der Waals surface area contributed by atoms with Crippen LogP contribution in [0.2, 0.25) is 0 Å². The fourth-order valence-corrected chi connectivity index (χ4v) is 0.955. The Morgan fingerprint density at radius 3 is 2.40 bits per heavy atom. The molecule has 0 aliphatic carbocycles. The average molecular weight is 144 g/mol. The standard InChI is InChI=1S/C8H18NO/c1-4-6-7-8(3)9(10)5-2/h8H,4-7H2,1-3H3/q-1. The van der Waals surface area contributed by atoms with Crippen molar-refractivity contribution in [2.24, 2.45) is 0 Å². The molecule has 0 aromatic heterocycles. The predicted octanol–water partition coefficient (Wildman–Crippen LogP) is 2.38. The summed E-state index contributed by atoms with van der Waals surface area (Å²) in [6, 6.07) is 0.213. The third-order valence-electron chi connectivity index (χ3n) is 1.78. The molecule has 0 aliphatic rings. The van der Waals surface area contributed by atoms with E-state index in [1.807, 2.05) is 13.8 Å². The SMILES string of the molecule is CCCCC(C)N([O-])CC. The average Bonchev–Trinajstić information content (AvgIpc) is 1.98. The van der Waals surface area contributed by atoms with Gasteiger partial charge in [0.25, 0.3) is 0 Å². The molecule has 1 unspecified atom stereocenters. The normalized spacial score (nSPS) is 14.1. The maximum Gasteiger partial charge on any atom is -0.00551 e. The zero-order valence-corrected chi connectivity index (χ0v) is 7.26. The van der Waals surface area contributed by atoms with Crippen LogP contribution in [-0.2, 0) is 0 Å². The Labute approximate surface area is 63.8 Å². The van der Waals surface area contributed by atoms with E-state index in [0.29, 0.717) is 6.54 Å². The number of hydroxylamine groups is 2. The van der Waals surface area contributed by atoms with Crippen LogP contribution in [0.25, 0.3) is 0 Å². The van der Waals surface area contributed by atoms with Crippen LogP contribution < -0.4 is 0 Å². The van der Waals surface area contributed by atoms with Gasteiger partial charge in [-0.05, 0) is 19.0 Å². The Hall–Kier alpha value is -0.0800. The lowest BCUT2D eigenvalue weighted by Crippen LogP contribution is -2.26. The molecule has 0 bridgehead atoms. The third kappa shape index (κ3) is 3.85. The highest BCUT2D eigenvalue weighted by atomic mass is 16.5. The van der Waals surface area contributed by atoms with Crippen molar-refractivity contribution < 1.29 is 0 Å². The molecule has 0 fully saturated rings. The van der Waals surface area contributed by atoms with E-state index in [1.165, 1.54) is 12.8 Å². The molecule has 1 atom stereocenters. The largest absolute Gasteiger partial charge is 0.785 e. The minimum atomic E-state index is 0.213. The molecular formula is C8H18NO-. The van der Waals surface area contributed by atoms with E-state index in [2.05, 4.69) is 6.92 Å². The number of rotatable bonds is 5. The summed E-state index contributed by atoms with van der Waals surface area (Å²) in [5.74, 6) is 0. The van der Waals surface area contributed by atoms with Crippen LogP contribution >= 0.6 is 0 Å².